The quantitative estimate of drug-likeness (QED) is 0.665. The zero-order chi connectivity index (χ0) is 16.8. The molecular formula is C17H17N5OS. The van der Waals surface area contributed by atoms with E-state index in [1.54, 1.807) is 18.9 Å². The third-order valence-electron chi connectivity index (χ3n) is 3.15. The van der Waals surface area contributed by atoms with Gasteiger partial charge in [-0.15, -0.1) is 11.8 Å². The Morgan fingerprint density at radius 3 is 2.54 bits per heavy atom. The Bertz CT molecular complexity index is 813. The van der Waals surface area contributed by atoms with Crippen molar-refractivity contribution in [3.05, 3.63) is 60.4 Å². The first kappa shape index (κ1) is 16.1. The molecule has 0 amide bonds. The number of nitrogens with zero attached hydrogens (tertiary/aromatic N) is 3. The van der Waals surface area contributed by atoms with E-state index in [1.165, 1.54) is 0 Å². The predicted octanol–water partition coefficient (Wildman–Crippen LogP) is 3.50. The summed E-state index contributed by atoms with van der Waals surface area (Å²) in [6.07, 6.45) is 0. The lowest BCUT2D eigenvalue weighted by molar-refractivity contribution is 0.405. The van der Waals surface area contributed by atoms with E-state index in [9.17, 15) is 0 Å². The van der Waals surface area contributed by atoms with E-state index < -0.39 is 0 Å². The van der Waals surface area contributed by atoms with Gasteiger partial charge in [-0.1, -0.05) is 30.3 Å². The van der Waals surface area contributed by atoms with E-state index in [4.69, 9.17) is 10.5 Å². The molecule has 0 atom stereocenters. The van der Waals surface area contributed by atoms with Crippen LogP contribution < -0.4 is 15.8 Å². The molecule has 0 aliphatic carbocycles. The molecule has 1 heterocycles. The van der Waals surface area contributed by atoms with Gasteiger partial charge in [0.1, 0.15) is 11.6 Å². The van der Waals surface area contributed by atoms with E-state index in [2.05, 4.69) is 20.3 Å². The van der Waals surface area contributed by atoms with Crippen LogP contribution in [-0.2, 0) is 5.75 Å². The maximum absolute atomic E-state index is 5.80. The Hall–Kier alpha value is -2.80. The number of nitrogens with two attached hydrogens (primary N) is 1. The number of aromatic nitrogens is 3. The summed E-state index contributed by atoms with van der Waals surface area (Å²) in [6.45, 7) is 0. The zero-order valence-corrected chi connectivity index (χ0v) is 14.0. The molecule has 24 heavy (non-hydrogen) atoms. The van der Waals surface area contributed by atoms with Gasteiger partial charge in [0.2, 0.25) is 11.9 Å². The maximum Gasteiger partial charge on any atom is 0.232 e. The van der Waals surface area contributed by atoms with Crippen LogP contribution in [0.25, 0.3) is 0 Å². The van der Waals surface area contributed by atoms with Crippen molar-refractivity contribution < 1.29 is 4.74 Å². The van der Waals surface area contributed by atoms with Crippen molar-refractivity contribution in [3.8, 4) is 5.75 Å². The Labute approximate surface area is 144 Å². The number of thioether (sulfide) groups is 1. The molecule has 1 aromatic heterocycles. The van der Waals surface area contributed by atoms with Crippen molar-refractivity contribution in [1.82, 2.24) is 15.0 Å². The second-order valence-electron chi connectivity index (χ2n) is 4.86. The molecule has 6 nitrogen and oxygen atoms in total. The van der Waals surface area contributed by atoms with Gasteiger partial charge in [0.25, 0.3) is 0 Å². The number of anilines is 3. The molecule has 0 fully saturated rings. The Morgan fingerprint density at radius 1 is 1.00 bits per heavy atom. The van der Waals surface area contributed by atoms with Gasteiger partial charge in [0, 0.05) is 10.6 Å². The fraction of sp³-hybridized carbons (Fsp3) is 0.118. The Balaban J connectivity index is 1.74. The average Bonchev–Trinajstić information content (AvgIpc) is 2.60. The van der Waals surface area contributed by atoms with Crippen LogP contribution in [0.4, 0.5) is 17.6 Å². The van der Waals surface area contributed by atoms with E-state index in [0.29, 0.717) is 17.5 Å². The molecule has 0 spiro atoms. The minimum atomic E-state index is 0.194. The van der Waals surface area contributed by atoms with Gasteiger partial charge in [-0.3, -0.25) is 0 Å². The highest BCUT2D eigenvalue weighted by molar-refractivity contribution is 7.98. The molecule has 0 unspecified atom stereocenters. The number of methoxy groups -OCH3 is 1. The van der Waals surface area contributed by atoms with Crippen LogP contribution in [-0.4, -0.2) is 22.1 Å². The number of nitrogen functional groups attached to an aromatic ring is 1. The van der Waals surface area contributed by atoms with Crippen molar-refractivity contribution in [3.63, 3.8) is 0 Å². The van der Waals surface area contributed by atoms with Crippen LogP contribution in [0, 0.1) is 0 Å². The summed E-state index contributed by atoms with van der Waals surface area (Å²) in [5, 5.41) is 3.13. The molecule has 0 bridgehead atoms. The van der Waals surface area contributed by atoms with Crippen molar-refractivity contribution in [2.75, 3.05) is 18.2 Å². The lowest BCUT2D eigenvalue weighted by atomic mass is 10.3. The number of ether oxygens (including phenoxy) is 1. The van der Waals surface area contributed by atoms with Crippen LogP contribution in [0.15, 0.2) is 59.5 Å². The van der Waals surface area contributed by atoms with Crippen LogP contribution in [0.1, 0.15) is 5.82 Å². The topological polar surface area (TPSA) is 86.0 Å². The van der Waals surface area contributed by atoms with Crippen molar-refractivity contribution in [2.24, 2.45) is 0 Å². The van der Waals surface area contributed by atoms with Crippen molar-refractivity contribution in [1.29, 1.82) is 0 Å². The van der Waals surface area contributed by atoms with Crippen molar-refractivity contribution >= 4 is 29.3 Å². The van der Waals surface area contributed by atoms with Crippen LogP contribution in [0.3, 0.4) is 0 Å². The van der Waals surface area contributed by atoms with Gasteiger partial charge in [0.15, 0.2) is 0 Å². The number of hydrogen-bond donors (Lipinski definition) is 2. The molecule has 3 rings (SSSR count). The molecule has 7 heteroatoms. The van der Waals surface area contributed by atoms with Crippen LogP contribution in [0.2, 0.25) is 0 Å². The van der Waals surface area contributed by atoms with Gasteiger partial charge in [-0.2, -0.15) is 15.0 Å². The summed E-state index contributed by atoms with van der Waals surface area (Å²) < 4.78 is 5.35. The first-order valence-electron chi connectivity index (χ1n) is 7.33. The number of nitrogens with one attached hydrogen (secondary N) is 1. The van der Waals surface area contributed by atoms with Gasteiger partial charge >= 0.3 is 0 Å². The SMILES string of the molecule is COc1ccccc1SCc1nc(N)nc(Nc2ccccc2)n1. The second kappa shape index (κ2) is 7.65. The van der Waals surface area contributed by atoms with Crippen LogP contribution in [0.5, 0.6) is 5.75 Å². The number of hydrogen-bond acceptors (Lipinski definition) is 7. The van der Waals surface area contributed by atoms with Gasteiger partial charge < -0.3 is 15.8 Å². The summed E-state index contributed by atoms with van der Waals surface area (Å²) in [6, 6.07) is 17.5. The third-order valence-corrected chi connectivity index (χ3v) is 4.21. The standard InChI is InChI=1S/C17H17N5OS/c1-23-13-9-5-6-10-14(13)24-11-15-20-16(18)22-17(21-15)19-12-7-3-2-4-8-12/h2-10H,11H2,1H3,(H3,18,19,20,21,22). The molecule has 3 N–H and O–H groups in total. The van der Waals surface area contributed by atoms with Crippen LogP contribution >= 0.6 is 11.8 Å². The molecule has 0 saturated carbocycles. The van der Waals surface area contributed by atoms with E-state index in [0.717, 1.165) is 16.3 Å². The fourth-order valence-corrected chi connectivity index (χ4v) is 2.97. The van der Waals surface area contributed by atoms with E-state index in [1.807, 2.05) is 54.6 Å². The summed E-state index contributed by atoms with van der Waals surface area (Å²) in [4.78, 5) is 13.8. The first-order chi connectivity index (χ1) is 11.7. The average molecular weight is 339 g/mol. The first-order valence-corrected chi connectivity index (χ1v) is 8.31. The highest BCUT2D eigenvalue weighted by Crippen LogP contribution is 2.30. The summed E-state index contributed by atoms with van der Waals surface area (Å²) >= 11 is 1.59. The molecule has 0 radical (unpaired) electrons. The molecule has 3 aromatic rings. The van der Waals surface area contributed by atoms with Gasteiger partial charge in [0.05, 0.1) is 12.9 Å². The van der Waals surface area contributed by atoms with Crippen molar-refractivity contribution in [2.45, 2.75) is 10.6 Å². The number of para-hydroxylation sites is 2. The normalized spacial score (nSPS) is 10.4. The number of rotatable bonds is 6. The highest BCUT2D eigenvalue weighted by Gasteiger charge is 2.08. The fourth-order valence-electron chi connectivity index (χ4n) is 2.09. The Morgan fingerprint density at radius 2 is 1.75 bits per heavy atom. The Kier molecular flexibility index (Phi) is 5.12. The summed E-state index contributed by atoms with van der Waals surface area (Å²) in [5.74, 6) is 2.63. The highest BCUT2D eigenvalue weighted by atomic mass is 32.2. The lowest BCUT2D eigenvalue weighted by Crippen LogP contribution is -2.06. The minimum absolute atomic E-state index is 0.194. The zero-order valence-electron chi connectivity index (χ0n) is 13.1. The minimum Gasteiger partial charge on any atom is -0.496 e. The third kappa shape index (κ3) is 4.14. The molecule has 0 saturated heterocycles. The second-order valence-corrected chi connectivity index (χ2v) is 5.88. The molecule has 122 valence electrons. The summed E-state index contributed by atoms with van der Waals surface area (Å²) in [7, 11) is 1.65. The molecule has 0 aliphatic heterocycles. The lowest BCUT2D eigenvalue weighted by Gasteiger charge is -2.09. The smallest absolute Gasteiger partial charge is 0.232 e. The maximum atomic E-state index is 5.80. The van der Waals surface area contributed by atoms with Gasteiger partial charge in [-0.05, 0) is 24.3 Å². The van der Waals surface area contributed by atoms with E-state index in [-0.39, 0.29) is 5.95 Å². The predicted molar refractivity (Wildman–Crippen MR) is 96.5 cm³/mol. The molecular weight excluding hydrogens is 322 g/mol. The largest absolute Gasteiger partial charge is 0.496 e. The molecule has 0 aliphatic rings. The van der Waals surface area contributed by atoms with E-state index >= 15 is 0 Å². The monoisotopic (exact) mass is 339 g/mol. The van der Waals surface area contributed by atoms with Gasteiger partial charge in [-0.25, -0.2) is 0 Å². The molecule has 2 aromatic carbocycles. The number of benzene rings is 2. The summed E-state index contributed by atoms with van der Waals surface area (Å²) in [5.41, 5.74) is 6.70.